The number of methoxy groups -OCH3 is 1. The lowest BCUT2D eigenvalue weighted by molar-refractivity contribution is -0.00615. The van der Waals surface area contributed by atoms with Gasteiger partial charge in [0.25, 0.3) is 0 Å². The predicted octanol–water partition coefficient (Wildman–Crippen LogP) is 1.64. The van der Waals surface area contributed by atoms with E-state index in [2.05, 4.69) is 10.3 Å². The zero-order chi connectivity index (χ0) is 18.5. The summed E-state index contributed by atoms with van der Waals surface area (Å²) in [6, 6.07) is 7.38. The van der Waals surface area contributed by atoms with E-state index in [1.54, 1.807) is 13.3 Å². The molecule has 4 N–H and O–H groups in total. The van der Waals surface area contributed by atoms with E-state index in [4.69, 9.17) is 4.74 Å². The maximum atomic E-state index is 10.8. The highest BCUT2D eigenvalue weighted by atomic mass is 16.5. The smallest absolute Gasteiger partial charge is 0.137 e. The van der Waals surface area contributed by atoms with Crippen molar-refractivity contribution < 1.29 is 20.1 Å². The van der Waals surface area contributed by atoms with E-state index in [9.17, 15) is 15.3 Å². The first-order valence-electron chi connectivity index (χ1n) is 9.24. The van der Waals surface area contributed by atoms with Crippen LogP contribution in [0.25, 0.3) is 10.9 Å². The number of rotatable bonds is 7. The lowest BCUT2D eigenvalue weighted by Gasteiger charge is -2.34. The van der Waals surface area contributed by atoms with Crippen molar-refractivity contribution in [1.82, 2.24) is 10.3 Å². The van der Waals surface area contributed by atoms with Crippen LogP contribution in [0.5, 0.6) is 5.75 Å². The number of hydrogen-bond donors (Lipinski definition) is 4. The summed E-state index contributed by atoms with van der Waals surface area (Å²) in [4.78, 5) is 4.35. The number of pyridine rings is 1. The van der Waals surface area contributed by atoms with Crippen LogP contribution in [0.3, 0.4) is 0 Å². The van der Waals surface area contributed by atoms with Gasteiger partial charge in [-0.15, -0.1) is 0 Å². The Morgan fingerprint density at radius 2 is 2.15 bits per heavy atom. The second kappa shape index (κ2) is 8.77. The molecular formula is C20H28N2O4. The molecule has 0 spiro atoms. The number of benzene rings is 1. The Labute approximate surface area is 153 Å². The van der Waals surface area contributed by atoms with Gasteiger partial charge in [0.15, 0.2) is 0 Å². The topological polar surface area (TPSA) is 94.8 Å². The first-order chi connectivity index (χ1) is 12.6. The highest BCUT2D eigenvalue weighted by Gasteiger charge is 2.30. The number of nitrogens with one attached hydrogen (secondary N) is 1. The first kappa shape index (κ1) is 19.0. The molecule has 3 rings (SSSR count). The third-order valence-electron chi connectivity index (χ3n) is 5.46. The van der Waals surface area contributed by atoms with E-state index in [0.29, 0.717) is 23.7 Å². The molecule has 142 valence electrons. The molecule has 6 heteroatoms. The number of aromatic nitrogens is 1. The Morgan fingerprint density at radius 1 is 1.31 bits per heavy atom. The van der Waals surface area contributed by atoms with Gasteiger partial charge in [0.1, 0.15) is 11.9 Å². The van der Waals surface area contributed by atoms with E-state index >= 15 is 0 Å². The molecule has 1 fully saturated rings. The summed E-state index contributed by atoms with van der Waals surface area (Å²) < 4.78 is 5.24. The number of aliphatic hydroxyl groups excluding tert-OH is 3. The average molecular weight is 360 g/mol. The number of aliphatic hydroxyl groups is 3. The third kappa shape index (κ3) is 4.15. The van der Waals surface area contributed by atoms with Crippen molar-refractivity contribution >= 4 is 10.9 Å². The van der Waals surface area contributed by atoms with Crippen molar-refractivity contribution in [3.8, 4) is 5.75 Å². The summed E-state index contributed by atoms with van der Waals surface area (Å²) in [5.74, 6) is 1.23. The van der Waals surface area contributed by atoms with Crippen molar-refractivity contribution in [2.75, 3.05) is 26.8 Å². The molecule has 1 saturated heterocycles. The van der Waals surface area contributed by atoms with Gasteiger partial charge in [0.05, 0.1) is 24.9 Å². The van der Waals surface area contributed by atoms with E-state index in [1.165, 1.54) is 0 Å². The molecule has 0 unspecified atom stereocenters. The number of hydrogen-bond acceptors (Lipinski definition) is 6. The van der Waals surface area contributed by atoms with Crippen LogP contribution in [0, 0.1) is 11.8 Å². The molecule has 1 aromatic heterocycles. The van der Waals surface area contributed by atoms with Gasteiger partial charge in [-0.05, 0) is 61.9 Å². The van der Waals surface area contributed by atoms with Crippen molar-refractivity contribution in [3.63, 3.8) is 0 Å². The minimum absolute atomic E-state index is 0.149. The molecule has 1 aliphatic rings. The maximum Gasteiger partial charge on any atom is 0.137 e. The summed E-state index contributed by atoms with van der Waals surface area (Å²) in [7, 11) is 1.58. The van der Waals surface area contributed by atoms with Gasteiger partial charge in [0, 0.05) is 12.0 Å². The summed E-state index contributed by atoms with van der Waals surface area (Å²) >= 11 is 0. The minimum atomic E-state index is -0.989. The van der Waals surface area contributed by atoms with E-state index < -0.39 is 12.2 Å². The molecule has 26 heavy (non-hydrogen) atoms. The fourth-order valence-corrected chi connectivity index (χ4v) is 3.96. The van der Waals surface area contributed by atoms with E-state index in [1.807, 2.05) is 24.3 Å². The van der Waals surface area contributed by atoms with Crippen molar-refractivity contribution in [2.45, 2.75) is 31.5 Å². The second-order valence-corrected chi connectivity index (χ2v) is 7.06. The van der Waals surface area contributed by atoms with Crippen LogP contribution >= 0.6 is 0 Å². The van der Waals surface area contributed by atoms with Crippen LogP contribution in [0.1, 0.15) is 30.9 Å². The molecule has 6 nitrogen and oxygen atoms in total. The summed E-state index contributed by atoms with van der Waals surface area (Å²) in [5, 5.41) is 34.9. The molecule has 1 aromatic carbocycles. The molecule has 0 aliphatic carbocycles. The Balaban J connectivity index is 1.79. The fourth-order valence-electron chi connectivity index (χ4n) is 3.96. The Kier molecular flexibility index (Phi) is 6.43. The summed E-state index contributed by atoms with van der Waals surface area (Å²) in [6.45, 7) is 1.91. The molecule has 4 atom stereocenters. The molecule has 0 amide bonds. The molecule has 2 aromatic rings. The van der Waals surface area contributed by atoms with Gasteiger partial charge in [-0.1, -0.05) is 12.1 Å². The quantitative estimate of drug-likeness (QED) is 0.600. The average Bonchev–Trinajstić information content (AvgIpc) is 2.68. The SMILES string of the molecule is COc1cnc2cccc([C@@H](O)[C@H](O)C[C@@H]3CCNC[C@@H]3CCO)c2c1. The molecule has 0 bridgehead atoms. The maximum absolute atomic E-state index is 10.8. The number of fused-ring (bicyclic) bond motifs is 1. The molecular weight excluding hydrogens is 332 g/mol. The van der Waals surface area contributed by atoms with E-state index in [0.717, 1.165) is 36.8 Å². The molecule has 2 heterocycles. The van der Waals surface area contributed by atoms with Crippen LogP contribution < -0.4 is 10.1 Å². The predicted molar refractivity (Wildman–Crippen MR) is 100 cm³/mol. The molecule has 0 saturated carbocycles. The summed E-state index contributed by atoms with van der Waals surface area (Å²) in [5.41, 5.74) is 1.42. The van der Waals surface area contributed by atoms with Crippen molar-refractivity contribution in [2.24, 2.45) is 11.8 Å². The van der Waals surface area contributed by atoms with E-state index in [-0.39, 0.29) is 12.5 Å². The Morgan fingerprint density at radius 3 is 2.92 bits per heavy atom. The van der Waals surface area contributed by atoms with Gasteiger partial charge >= 0.3 is 0 Å². The molecule has 0 radical (unpaired) electrons. The Bertz CT molecular complexity index is 722. The lowest BCUT2D eigenvalue weighted by Crippen LogP contribution is -2.39. The fraction of sp³-hybridized carbons (Fsp3) is 0.550. The Hall–Kier alpha value is -1.73. The van der Waals surface area contributed by atoms with Gasteiger partial charge in [-0.3, -0.25) is 4.98 Å². The standard InChI is InChI=1S/C20H28N2O4/c1-26-15-10-17-16(3-2-4-18(17)22-12-15)20(25)19(24)9-13-5-7-21-11-14(13)6-8-23/h2-4,10,12-14,19-21,23-25H,5-9,11H2,1H3/t13-,14-,19+,20+/m0/s1. The monoisotopic (exact) mass is 360 g/mol. The largest absolute Gasteiger partial charge is 0.495 e. The first-order valence-corrected chi connectivity index (χ1v) is 9.24. The highest BCUT2D eigenvalue weighted by Crippen LogP contribution is 2.33. The van der Waals surface area contributed by atoms with Crippen LogP contribution in [-0.4, -0.2) is 53.2 Å². The summed E-state index contributed by atoms with van der Waals surface area (Å²) in [6.07, 6.45) is 1.97. The van der Waals surface area contributed by atoms with Crippen LogP contribution in [0.15, 0.2) is 30.5 Å². The normalized spacial score (nSPS) is 22.9. The zero-order valence-corrected chi connectivity index (χ0v) is 15.1. The van der Waals surface area contributed by atoms with Crippen LogP contribution in [-0.2, 0) is 0 Å². The van der Waals surface area contributed by atoms with Gasteiger partial charge in [-0.25, -0.2) is 0 Å². The van der Waals surface area contributed by atoms with Gasteiger partial charge < -0.3 is 25.4 Å². The van der Waals surface area contributed by atoms with Gasteiger partial charge in [-0.2, -0.15) is 0 Å². The van der Waals surface area contributed by atoms with Crippen molar-refractivity contribution in [1.29, 1.82) is 0 Å². The second-order valence-electron chi connectivity index (χ2n) is 7.06. The zero-order valence-electron chi connectivity index (χ0n) is 15.1. The molecule has 1 aliphatic heterocycles. The number of piperidine rings is 1. The van der Waals surface area contributed by atoms with Gasteiger partial charge in [0.2, 0.25) is 0 Å². The van der Waals surface area contributed by atoms with Crippen LogP contribution in [0.4, 0.5) is 0 Å². The minimum Gasteiger partial charge on any atom is -0.495 e. The number of ether oxygens (including phenoxy) is 1. The third-order valence-corrected chi connectivity index (χ3v) is 5.46. The highest BCUT2D eigenvalue weighted by molar-refractivity contribution is 5.83. The lowest BCUT2D eigenvalue weighted by atomic mass is 9.79. The number of nitrogens with zero attached hydrogens (tertiary/aromatic N) is 1. The van der Waals surface area contributed by atoms with Crippen molar-refractivity contribution in [3.05, 3.63) is 36.0 Å². The van der Waals surface area contributed by atoms with Crippen LogP contribution in [0.2, 0.25) is 0 Å².